The van der Waals surface area contributed by atoms with Gasteiger partial charge in [0, 0.05) is 12.8 Å². The molecule has 3 aromatic carbocycles. The van der Waals surface area contributed by atoms with Crippen molar-refractivity contribution in [2.24, 2.45) is 5.73 Å². The summed E-state index contributed by atoms with van der Waals surface area (Å²) < 4.78 is 5.27. The van der Waals surface area contributed by atoms with Crippen molar-refractivity contribution in [1.29, 1.82) is 5.26 Å². The topological polar surface area (TPSA) is 134 Å². The minimum atomic E-state index is -1.00. The highest BCUT2D eigenvalue weighted by Crippen LogP contribution is 2.09. The van der Waals surface area contributed by atoms with Gasteiger partial charge in [-0.05, 0) is 28.8 Å². The smallest absolute Gasteiger partial charge is 0.408 e. The van der Waals surface area contributed by atoms with Crippen LogP contribution in [-0.4, -0.2) is 30.0 Å². The summed E-state index contributed by atoms with van der Waals surface area (Å²) in [5.74, 6) is -1.28. The number of nitriles is 1. The molecule has 3 amide bonds. The molecule has 35 heavy (non-hydrogen) atoms. The first kappa shape index (κ1) is 25.0. The van der Waals surface area contributed by atoms with E-state index in [1.165, 1.54) is 0 Å². The van der Waals surface area contributed by atoms with Gasteiger partial charge >= 0.3 is 6.09 Å². The van der Waals surface area contributed by atoms with Crippen LogP contribution in [0.2, 0.25) is 0 Å². The number of nitrogens with two attached hydrogens (primary N) is 1. The normalized spacial score (nSPS) is 12.0. The average Bonchev–Trinajstić information content (AvgIpc) is 2.88. The average molecular weight is 471 g/mol. The second-order valence-corrected chi connectivity index (χ2v) is 7.92. The molecule has 0 aliphatic heterocycles. The fraction of sp³-hybridized carbons (Fsp3) is 0.185. The maximum absolute atomic E-state index is 13.1. The summed E-state index contributed by atoms with van der Waals surface area (Å²) in [5.41, 5.74) is 8.37. The van der Waals surface area contributed by atoms with E-state index in [9.17, 15) is 14.4 Å². The van der Waals surface area contributed by atoms with E-state index < -0.39 is 30.0 Å². The number of alkyl carbamates (subject to hydrolysis) is 1. The molecule has 4 N–H and O–H groups in total. The van der Waals surface area contributed by atoms with Crippen molar-refractivity contribution in [2.75, 3.05) is 0 Å². The summed E-state index contributed by atoms with van der Waals surface area (Å²) in [4.78, 5) is 37.7. The zero-order valence-corrected chi connectivity index (χ0v) is 19.0. The van der Waals surface area contributed by atoms with Crippen molar-refractivity contribution in [3.63, 3.8) is 0 Å². The van der Waals surface area contributed by atoms with Crippen LogP contribution < -0.4 is 16.4 Å². The summed E-state index contributed by atoms with van der Waals surface area (Å²) in [5, 5.41) is 14.2. The number of primary amides is 1. The number of ether oxygens (including phenoxy) is 1. The highest BCUT2D eigenvalue weighted by atomic mass is 16.5. The Kier molecular flexibility index (Phi) is 8.97. The van der Waals surface area contributed by atoms with Gasteiger partial charge < -0.3 is 21.1 Å². The zero-order valence-electron chi connectivity index (χ0n) is 19.0. The molecule has 178 valence electrons. The van der Waals surface area contributed by atoms with E-state index in [0.717, 1.165) is 16.7 Å². The van der Waals surface area contributed by atoms with Crippen molar-refractivity contribution in [2.45, 2.75) is 31.5 Å². The van der Waals surface area contributed by atoms with E-state index in [4.69, 9.17) is 15.7 Å². The Morgan fingerprint density at radius 1 is 0.771 bits per heavy atom. The van der Waals surface area contributed by atoms with Crippen LogP contribution in [0.5, 0.6) is 0 Å². The second-order valence-electron chi connectivity index (χ2n) is 7.92. The van der Waals surface area contributed by atoms with E-state index in [-0.39, 0.29) is 19.4 Å². The van der Waals surface area contributed by atoms with E-state index in [2.05, 4.69) is 10.6 Å². The first-order valence-corrected chi connectivity index (χ1v) is 11.0. The predicted molar refractivity (Wildman–Crippen MR) is 130 cm³/mol. The third-order valence-corrected chi connectivity index (χ3v) is 5.29. The molecule has 0 unspecified atom stereocenters. The highest BCUT2D eigenvalue weighted by Gasteiger charge is 2.26. The fourth-order valence-corrected chi connectivity index (χ4v) is 3.41. The summed E-state index contributed by atoms with van der Waals surface area (Å²) >= 11 is 0. The molecule has 0 fully saturated rings. The monoisotopic (exact) mass is 470 g/mol. The van der Waals surface area contributed by atoms with Crippen LogP contribution in [0.1, 0.15) is 22.3 Å². The second kappa shape index (κ2) is 12.6. The van der Waals surface area contributed by atoms with Gasteiger partial charge in [0.05, 0.1) is 11.6 Å². The number of hydrogen-bond acceptors (Lipinski definition) is 5. The summed E-state index contributed by atoms with van der Waals surface area (Å²) in [6.45, 7) is 0.0505. The molecule has 0 radical (unpaired) electrons. The van der Waals surface area contributed by atoms with Crippen molar-refractivity contribution in [3.8, 4) is 6.07 Å². The van der Waals surface area contributed by atoms with Crippen LogP contribution in [0.4, 0.5) is 4.79 Å². The molecule has 0 saturated carbocycles. The van der Waals surface area contributed by atoms with E-state index in [1.54, 1.807) is 24.3 Å². The molecule has 0 aliphatic rings. The molecular weight excluding hydrogens is 444 g/mol. The Morgan fingerprint density at radius 3 is 1.89 bits per heavy atom. The molecule has 0 bridgehead atoms. The minimum Gasteiger partial charge on any atom is -0.445 e. The lowest BCUT2D eigenvalue weighted by Crippen LogP contribution is -2.54. The summed E-state index contributed by atoms with van der Waals surface area (Å²) in [6.07, 6.45) is -0.425. The van der Waals surface area contributed by atoms with E-state index in [0.29, 0.717) is 5.56 Å². The lowest BCUT2D eigenvalue weighted by Gasteiger charge is -2.22. The number of nitrogens with one attached hydrogen (secondary N) is 2. The molecule has 0 aromatic heterocycles. The van der Waals surface area contributed by atoms with Crippen molar-refractivity contribution >= 4 is 17.9 Å². The maximum atomic E-state index is 13.1. The Balaban J connectivity index is 1.69. The first-order chi connectivity index (χ1) is 16.9. The minimum absolute atomic E-state index is 0.0505. The third-order valence-electron chi connectivity index (χ3n) is 5.29. The quantitative estimate of drug-likeness (QED) is 0.419. The van der Waals surface area contributed by atoms with Crippen LogP contribution in [0, 0.1) is 11.3 Å². The molecule has 0 aliphatic carbocycles. The van der Waals surface area contributed by atoms with Crippen LogP contribution in [0.15, 0.2) is 84.9 Å². The zero-order chi connectivity index (χ0) is 25.0. The lowest BCUT2D eigenvalue weighted by molar-refractivity contribution is -0.128. The Hall–Kier alpha value is -4.64. The van der Waals surface area contributed by atoms with Gasteiger partial charge in [0.1, 0.15) is 18.7 Å². The largest absolute Gasteiger partial charge is 0.445 e. The first-order valence-electron chi connectivity index (χ1n) is 11.0. The molecule has 2 atom stereocenters. The van der Waals surface area contributed by atoms with Crippen LogP contribution in [0.3, 0.4) is 0 Å². The van der Waals surface area contributed by atoms with Crippen molar-refractivity contribution in [1.82, 2.24) is 10.6 Å². The number of amides is 3. The summed E-state index contributed by atoms with van der Waals surface area (Å²) in [7, 11) is 0. The van der Waals surface area contributed by atoms with Gasteiger partial charge in [-0.15, -0.1) is 0 Å². The number of carbonyl (C=O) groups is 3. The van der Waals surface area contributed by atoms with Crippen molar-refractivity contribution in [3.05, 3.63) is 107 Å². The molecule has 0 saturated heterocycles. The van der Waals surface area contributed by atoms with Gasteiger partial charge in [0.15, 0.2) is 0 Å². The van der Waals surface area contributed by atoms with Crippen LogP contribution >= 0.6 is 0 Å². The molecule has 8 heteroatoms. The van der Waals surface area contributed by atoms with Gasteiger partial charge in [-0.1, -0.05) is 72.8 Å². The van der Waals surface area contributed by atoms with E-state index in [1.807, 2.05) is 66.7 Å². The number of benzene rings is 3. The number of rotatable bonds is 10. The Bertz CT molecular complexity index is 1180. The Labute approximate surface area is 203 Å². The molecule has 3 rings (SSSR count). The molecule has 0 heterocycles. The SMILES string of the molecule is N#Cc1ccc(C[C@@H](NC(=O)[C@@H](Cc2ccccc2)NC(=O)OCc2ccccc2)C(N)=O)cc1. The maximum Gasteiger partial charge on any atom is 0.408 e. The molecule has 3 aromatic rings. The van der Waals surface area contributed by atoms with Crippen LogP contribution in [0.25, 0.3) is 0 Å². The Morgan fingerprint density at radius 2 is 1.31 bits per heavy atom. The van der Waals surface area contributed by atoms with Gasteiger partial charge in [0.2, 0.25) is 11.8 Å². The van der Waals surface area contributed by atoms with Crippen molar-refractivity contribution < 1.29 is 19.1 Å². The van der Waals surface area contributed by atoms with E-state index >= 15 is 0 Å². The van der Waals surface area contributed by atoms with Gasteiger partial charge in [0.25, 0.3) is 0 Å². The number of nitrogens with zero attached hydrogens (tertiary/aromatic N) is 1. The third kappa shape index (κ3) is 8.02. The molecule has 0 spiro atoms. The van der Waals surface area contributed by atoms with Gasteiger partial charge in [-0.2, -0.15) is 5.26 Å². The van der Waals surface area contributed by atoms with Crippen LogP contribution in [-0.2, 0) is 33.8 Å². The lowest BCUT2D eigenvalue weighted by atomic mass is 10.0. The number of carbonyl (C=O) groups excluding carboxylic acids is 3. The summed E-state index contributed by atoms with van der Waals surface area (Å²) in [6, 6.07) is 25.0. The standard InChI is InChI=1S/C27H26N4O4/c28-17-21-13-11-20(12-14-21)15-23(25(29)32)30-26(33)24(16-19-7-3-1-4-8-19)31-27(34)35-18-22-9-5-2-6-10-22/h1-14,23-24H,15-16,18H2,(H2,29,32)(H,30,33)(H,31,34)/t23-,24-/m1/s1. The number of hydrogen-bond donors (Lipinski definition) is 3. The highest BCUT2D eigenvalue weighted by molar-refractivity contribution is 5.91. The van der Waals surface area contributed by atoms with Gasteiger partial charge in [-0.25, -0.2) is 4.79 Å². The predicted octanol–water partition coefficient (Wildman–Crippen LogP) is 2.61. The fourth-order valence-electron chi connectivity index (χ4n) is 3.41. The molecular formula is C27H26N4O4. The molecule has 8 nitrogen and oxygen atoms in total. The van der Waals surface area contributed by atoms with Gasteiger partial charge in [-0.3, -0.25) is 9.59 Å².